The van der Waals surface area contributed by atoms with Crippen LogP contribution in [0.15, 0.2) is 79.3 Å². The molecule has 1 fully saturated rings. The van der Waals surface area contributed by atoms with E-state index in [0.29, 0.717) is 0 Å². The molecule has 0 radical (unpaired) electrons. The second kappa shape index (κ2) is 7.75. The molecule has 1 aliphatic rings. The van der Waals surface area contributed by atoms with Crippen molar-refractivity contribution in [2.75, 3.05) is 41.3 Å². The molecule has 1 aliphatic heterocycles. The van der Waals surface area contributed by atoms with Crippen molar-refractivity contribution in [2.24, 2.45) is 0 Å². The molecular weight excluding hydrogens is 360 g/mol. The van der Waals surface area contributed by atoms with Crippen LogP contribution in [0.4, 0.5) is 23.0 Å². The van der Waals surface area contributed by atoms with E-state index in [1.807, 2.05) is 30.5 Å². The Morgan fingerprint density at radius 3 is 2.41 bits per heavy atom. The molecule has 0 aliphatic carbocycles. The Bertz CT molecular complexity index is 1110. The summed E-state index contributed by atoms with van der Waals surface area (Å²) >= 11 is 0. The number of hydrogen-bond acceptors (Lipinski definition) is 6. The lowest BCUT2D eigenvalue weighted by atomic mass is 10.2. The number of benzene rings is 2. The molecule has 0 saturated carbocycles. The van der Waals surface area contributed by atoms with Crippen LogP contribution in [0.2, 0.25) is 0 Å². The van der Waals surface area contributed by atoms with E-state index >= 15 is 0 Å². The van der Waals surface area contributed by atoms with E-state index in [1.165, 1.54) is 5.69 Å². The van der Waals surface area contributed by atoms with Gasteiger partial charge in [-0.05, 0) is 30.3 Å². The second-order valence-corrected chi connectivity index (χ2v) is 7.11. The summed E-state index contributed by atoms with van der Waals surface area (Å²) in [4.78, 5) is 18.0. The number of fused-ring (bicyclic) bond motifs is 1. The highest BCUT2D eigenvalue weighted by Crippen LogP contribution is 2.23. The number of nitrogens with one attached hydrogen (secondary N) is 1. The van der Waals surface area contributed by atoms with Crippen molar-refractivity contribution >= 4 is 33.9 Å². The van der Waals surface area contributed by atoms with Gasteiger partial charge in [-0.2, -0.15) is 0 Å². The standard InChI is InChI=1S/C23H22N6/c1-2-6-20(7-3-1)28-11-13-29(14-12-28)23-16-22(25-17-26-23)27-19-9-8-18-5-4-10-24-21(18)15-19/h1-10,15-17H,11-14H2,(H,25,26,27). The summed E-state index contributed by atoms with van der Waals surface area (Å²) in [6, 6.07) is 22.7. The van der Waals surface area contributed by atoms with Gasteiger partial charge in [0.2, 0.25) is 0 Å². The third-order valence-corrected chi connectivity index (χ3v) is 5.26. The fourth-order valence-electron chi connectivity index (χ4n) is 3.71. The molecule has 0 spiro atoms. The quantitative estimate of drug-likeness (QED) is 0.574. The number of rotatable bonds is 4. The molecule has 6 heteroatoms. The molecule has 3 heterocycles. The van der Waals surface area contributed by atoms with E-state index in [0.717, 1.165) is 54.4 Å². The van der Waals surface area contributed by atoms with Crippen molar-refractivity contribution in [3.05, 3.63) is 79.3 Å². The highest BCUT2D eigenvalue weighted by molar-refractivity contribution is 5.82. The second-order valence-electron chi connectivity index (χ2n) is 7.11. The van der Waals surface area contributed by atoms with Crippen LogP contribution in [0.3, 0.4) is 0 Å². The minimum atomic E-state index is 0.788. The zero-order valence-electron chi connectivity index (χ0n) is 16.1. The minimum absolute atomic E-state index is 0.788. The summed E-state index contributed by atoms with van der Waals surface area (Å²) in [5.41, 5.74) is 3.21. The van der Waals surface area contributed by atoms with Gasteiger partial charge in [-0.25, -0.2) is 9.97 Å². The van der Waals surface area contributed by atoms with Crippen molar-refractivity contribution < 1.29 is 0 Å². The highest BCUT2D eigenvalue weighted by atomic mass is 15.3. The predicted molar refractivity (Wildman–Crippen MR) is 118 cm³/mol. The number of para-hydroxylation sites is 1. The molecule has 0 amide bonds. The Kier molecular flexibility index (Phi) is 4.66. The van der Waals surface area contributed by atoms with Crippen LogP contribution in [-0.4, -0.2) is 41.1 Å². The van der Waals surface area contributed by atoms with Crippen LogP contribution in [0.5, 0.6) is 0 Å². The van der Waals surface area contributed by atoms with Gasteiger partial charge >= 0.3 is 0 Å². The third-order valence-electron chi connectivity index (χ3n) is 5.26. The Labute approximate surface area is 169 Å². The monoisotopic (exact) mass is 382 g/mol. The van der Waals surface area contributed by atoms with Gasteiger partial charge in [0.1, 0.15) is 18.0 Å². The van der Waals surface area contributed by atoms with Gasteiger partial charge < -0.3 is 15.1 Å². The fraction of sp³-hybridized carbons (Fsp3) is 0.174. The fourth-order valence-corrected chi connectivity index (χ4v) is 3.71. The number of hydrogen-bond donors (Lipinski definition) is 1. The molecule has 144 valence electrons. The number of pyridine rings is 1. The Hall–Kier alpha value is -3.67. The van der Waals surface area contributed by atoms with E-state index in [1.54, 1.807) is 6.33 Å². The molecular formula is C23H22N6. The molecule has 29 heavy (non-hydrogen) atoms. The largest absolute Gasteiger partial charge is 0.368 e. The first kappa shape index (κ1) is 17.4. The van der Waals surface area contributed by atoms with Crippen LogP contribution >= 0.6 is 0 Å². The van der Waals surface area contributed by atoms with Crippen LogP contribution < -0.4 is 15.1 Å². The third kappa shape index (κ3) is 3.82. The molecule has 1 N–H and O–H groups in total. The first-order chi connectivity index (χ1) is 14.3. The average molecular weight is 382 g/mol. The SMILES string of the molecule is c1ccc(N2CCN(c3cc(Nc4ccc5cccnc5c4)ncn3)CC2)cc1. The van der Waals surface area contributed by atoms with E-state index < -0.39 is 0 Å². The van der Waals surface area contributed by atoms with Gasteiger partial charge in [0.25, 0.3) is 0 Å². The summed E-state index contributed by atoms with van der Waals surface area (Å²) in [7, 11) is 0. The molecule has 2 aromatic heterocycles. The van der Waals surface area contributed by atoms with Gasteiger partial charge in [0, 0.05) is 55.2 Å². The van der Waals surface area contributed by atoms with Crippen LogP contribution in [0.1, 0.15) is 0 Å². The first-order valence-electron chi connectivity index (χ1n) is 9.84. The first-order valence-corrected chi connectivity index (χ1v) is 9.84. The lowest BCUT2D eigenvalue weighted by Crippen LogP contribution is -2.46. The Morgan fingerprint density at radius 1 is 0.724 bits per heavy atom. The summed E-state index contributed by atoms with van der Waals surface area (Å²) in [6.07, 6.45) is 3.44. The molecule has 6 nitrogen and oxygen atoms in total. The summed E-state index contributed by atoms with van der Waals surface area (Å²) < 4.78 is 0. The lowest BCUT2D eigenvalue weighted by molar-refractivity contribution is 0.647. The van der Waals surface area contributed by atoms with Crippen molar-refractivity contribution in [3.8, 4) is 0 Å². The maximum absolute atomic E-state index is 4.50. The topological polar surface area (TPSA) is 57.2 Å². The Morgan fingerprint density at radius 2 is 1.55 bits per heavy atom. The van der Waals surface area contributed by atoms with Crippen molar-refractivity contribution in [3.63, 3.8) is 0 Å². The van der Waals surface area contributed by atoms with E-state index in [9.17, 15) is 0 Å². The maximum Gasteiger partial charge on any atom is 0.135 e. The van der Waals surface area contributed by atoms with Gasteiger partial charge in [-0.1, -0.05) is 30.3 Å². The number of nitrogens with zero attached hydrogens (tertiary/aromatic N) is 5. The van der Waals surface area contributed by atoms with E-state index in [2.05, 4.69) is 72.5 Å². The summed E-state index contributed by atoms with van der Waals surface area (Å²) in [5.74, 6) is 1.74. The van der Waals surface area contributed by atoms with E-state index in [4.69, 9.17) is 0 Å². The minimum Gasteiger partial charge on any atom is -0.368 e. The number of piperazine rings is 1. The van der Waals surface area contributed by atoms with E-state index in [-0.39, 0.29) is 0 Å². The zero-order valence-corrected chi connectivity index (χ0v) is 16.1. The van der Waals surface area contributed by atoms with Gasteiger partial charge in [0.15, 0.2) is 0 Å². The predicted octanol–water partition coefficient (Wildman–Crippen LogP) is 4.10. The van der Waals surface area contributed by atoms with Crippen LogP contribution in [-0.2, 0) is 0 Å². The average Bonchev–Trinajstić information content (AvgIpc) is 2.80. The van der Waals surface area contributed by atoms with Crippen molar-refractivity contribution in [1.29, 1.82) is 0 Å². The van der Waals surface area contributed by atoms with Gasteiger partial charge in [-0.15, -0.1) is 0 Å². The summed E-state index contributed by atoms with van der Waals surface area (Å²) in [5, 5.41) is 4.50. The van der Waals surface area contributed by atoms with Crippen molar-refractivity contribution in [1.82, 2.24) is 15.0 Å². The molecule has 2 aromatic carbocycles. The van der Waals surface area contributed by atoms with Crippen LogP contribution in [0.25, 0.3) is 10.9 Å². The molecule has 0 atom stereocenters. The highest BCUT2D eigenvalue weighted by Gasteiger charge is 2.18. The molecule has 0 unspecified atom stereocenters. The van der Waals surface area contributed by atoms with Gasteiger partial charge in [0.05, 0.1) is 5.52 Å². The lowest BCUT2D eigenvalue weighted by Gasteiger charge is -2.36. The maximum atomic E-state index is 4.50. The number of aromatic nitrogens is 3. The van der Waals surface area contributed by atoms with Gasteiger partial charge in [-0.3, -0.25) is 4.98 Å². The normalized spacial score (nSPS) is 14.2. The molecule has 5 rings (SSSR count). The smallest absolute Gasteiger partial charge is 0.135 e. The molecule has 4 aromatic rings. The molecule has 1 saturated heterocycles. The zero-order chi connectivity index (χ0) is 19.5. The van der Waals surface area contributed by atoms with Crippen LogP contribution in [0, 0.1) is 0 Å². The summed E-state index contributed by atoms with van der Waals surface area (Å²) in [6.45, 7) is 3.83. The Balaban J connectivity index is 1.28. The number of anilines is 4. The van der Waals surface area contributed by atoms with Crippen molar-refractivity contribution in [2.45, 2.75) is 0 Å². The molecule has 0 bridgehead atoms.